The second kappa shape index (κ2) is 6.21. The number of nitrogens with one attached hydrogen (secondary N) is 1. The largest absolute Gasteiger partial charge is 0.352 e. The molecule has 0 radical (unpaired) electrons. The van der Waals surface area contributed by atoms with Gasteiger partial charge >= 0.3 is 0 Å². The molecule has 1 N–H and O–H groups in total. The van der Waals surface area contributed by atoms with E-state index in [2.05, 4.69) is 17.5 Å². The highest BCUT2D eigenvalue weighted by Crippen LogP contribution is 2.36. The lowest BCUT2D eigenvalue weighted by atomic mass is 9.74. The molecule has 0 aliphatic heterocycles. The summed E-state index contributed by atoms with van der Waals surface area (Å²) in [5.74, 6) is -0.0706. The molecule has 3 nitrogen and oxygen atoms in total. The number of hydrogen-bond acceptors (Lipinski definition) is 3. The van der Waals surface area contributed by atoms with Crippen LogP contribution in [-0.4, -0.2) is 11.9 Å². The van der Waals surface area contributed by atoms with Crippen LogP contribution in [0.25, 0.3) is 0 Å². The van der Waals surface area contributed by atoms with Crippen molar-refractivity contribution in [1.82, 2.24) is 5.32 Å². The molecule has 19 heavy (non-hydrogen) atoms. The van der Waals surface area contributed by atoms with Crippen molar-refractivity contribution in [2.45, 2.75) is 51.5 Å². The first-order valence-corrected chi connectivity index (χ1v) is 7.79. The maximum atomic E-state index is 12.4. The van der Waals surface area contributed by atoms with Gasteiger partial charge in [0.2, 0.25) is 5.91 Å². The molecule has 1 saturated carbocycles. The summed E-state index contributed by atoms with van der Waals surface area (Å²) in [7, 11) is 0. The summed E-state index contributed by atoms with van der Waals surface area (Å²) in [5.41, 5.74) is -0.776. The van der Waals surface area contributed by atoms with E-state index in [1.807, 2.05) is 18.4 Å². The lowest BCUT2D eigenvalue weighted by Gasteiger charge is -2.30. The Morgan fingerprint density at radius 3 is 2.84 bits per heavy atom. The first kappa shape index (κ1) is 14.1. The van der Waals surface area contributed by atoms with Crippen molar-refractivity contribution in [2.24, 2.45) is 5.41 Å². The summed E-state index contributed by atoms with van der Waals surface area (Å²) in [6.07, 6.45) is 5.37. The third-order valence-electron chi connectivity index (χ3n) is 3.82. The second-order valence-electron chi connectivity index (χ2n) is 5.41. The van der Waals surface area contributed by atoms with E-state index < -0.39 is 5.41 Å². The van der Waals surface area contributed by atoms with Crippen LogP contribution >= 0.6 is 11.3 Å². The number of thiophene rings is 1. The van der Waals surface area contributed by atoms with Gasteiger partial charge in [0.25, 0.3) is 0 Å². The second-order valence-corrected chi connectivity index (χ2v) is 6.44. The predicted octanol–water partition coefficient (Wildman–Crippen LogP) is 3.27. The van der Waals surface area contributed by atoms with Crippen molar-refractivity contribution in [3.63, 3.8) is 0 Å². The number of carbonyl (C=O) groups is 1. The Kier molecular flexibility index (Phi) is 4.60. The molecule has 0 spiro atoms. The molecule has 1 atom stereocenters. The van der Waals surface area contributed by atoms with Gasteiger partial charge in [0, 0.05) is 17.3 Å². The smallest absolute Gasteiger partial charge is 0.240 e. The van der Waals surface area contributed by atoms with Crippen molar-refractivity contribution in [3.05, 3.63) is 22.4 Å². The van der Waals surface area contributed by atoms with Gasteiger partial charge in [-0.15, -0.1) is 11.3 Å². The molecule has 1 fully saturated rings. The van der Waals surface area contributed by atoms with E-state index in [1.54, 1.807) is 11.3 Å². The molecule has 102 valence electrons. The molecule has 0 aromatic carbocycles. The highest BCUT2D eigenvalue weighted by atomic mass is 32.1. The van der Waals surface area contributed by atoms with Crippen molar-refractivity contribution in [3.8, 4) is 6.07 Å². The summed E-state index contributed by atoms with van der Waals surface area (Å²) in [4.78, 5) is 13.6. The third-order valence-corrected chi connectivity index (χ3v) is 4.72. The van der Waals surface area contributed by atoms with Crippen LogP contribution < -0.4 is 5.32 Å². The first-order chi connectivity index (χ1) is 9.16. The molecule has 1 aromatic heterocycles. The fourth-order valence-electron chi connectivity index (χ4n) is 2.69. The molecule has 1 amide bonds. The van der Waals surface area contributed by atoms with Crippen LogP contribution in [0.5, 0.6) is 0 Å². The zero-order valence-electron chi connectivity index (χ0n) is 11.3. The highest BCUT2D eigenvalue weighted by molar-refractivity contribution is 7.09. The maximum absolute atomic E-state index is 12.4. The molecule has 1 aromatic rings. The first-order valence-electron chi connectivity index (χ1n) is 6.91. The third kappa shape index (κ3) is 3.36. The molecular weight excluding hydrogens is 256 g/mol. The molecule has 1 aliphatic rings. The van der Waals surface area contributed by atoms with Gasteiger partial charge in [0.05, 0.1) is 6.07 Å². The van der Waals surface area contributed by atoms with E-state index in [0.717, 1.165) is 25.7 Å². The molecule has 0 bridgehead atoms. The zero-order valence-corrected chi connectivity index (χ0v) is 12.1. The lowest BCUT2D eigenvalue weighted by Crippen LogP contribution is -2.45. The zero-order chi connectivity index (χ0) is 13.7. The van der Waals surface area contributed by atoms with Crippen molar-refractivity contribution in [2.75, 3.05) is 0 Å². The van der Waals surface area contributed by atoms with Crippen LogP contribution in [0.3, 0.4) is 0 Å². The average Bonchev–Trinajstić information content (AvgIpc) is 2.92. The molecular formula is C15H20N2OS. The Bertz CT molecular complexity index is 455. The van der Waals surface area contributed by atoms with E-state index >= 15 is 0 Å². The van der Waals surface area contributed by atoms with E-state index in [9.17, 15) is 10.1 Å². The maximum Gasteiger partial charge on any atom is 0.240 e. The van der Waals surface area contributed by atoms with Gasteiger partial charge in [0.1, 0.15) is 5.41 Å². The highest BCUT2D eigenvalue weighted by Gasteiger charge is 2.40. The minimum Gasteiger partial charge on any atom is -0.352 e. The van der Waals surface area contributed by atoms with Crippen LogP contribution in [0.1, 0.15) is 43.9 Å². The van der Waals surface area contributed by atoms with Crippen molar-refractivity contribution in [1.29, 1.82) is 5.26 Å². The number of amides is 1. The standard InChI is InChI=1S/C15H20N2OS/c1-12(10-13-6-5-9-19-13)17-14(18)15(11-16)7-3-2-4-8-15/h5-6,9,12H,2-4,7-8,10H2,1H3,(H,17,18). The van der Waals surface area contributed by atoms with Crippen LogP contribution in [0.15, 0.2) is 17.5 Å². The number of carbonyl (C=O) groups excluding carboxylic acids is 1. The van der Waals surface area contributed by atoms with Gasteiger partial charge in [-0.2, -0.15) is 5.26 Å². The summed E-state index contributed by atoms with van der Waals surface area (Å²) >= 11 is 1.70. The minimum absolute atomic E-state index is 0.0706. The van der Waals surface area contributed by atoms with Crippen LogP contribution in [0.4, 0.5) is 0 Å². The van der Waals surface area contributed by atoms with Crippen LogP contribution in [0, 0.1) is 16.7 Å². The van der Waals surface area contributed by atoms with Crippen molar-refractivity contribution < 1.29 is 4.79 Å². The summed E-state index contributed by atoms with van der Waals surface area (Å²) < 4.78 is 0. The van der Waals surface area contributed by atoms with Gasteiger partial charge < -0.3 is 5.32 Å². The normalized spacial score (nSPS) is 19.4. The quantitative estimate of drug-likeness (QED) is 0.917. The van der Waals surface area contributed by atoms with Crippen LogP contribution in [0.2, 0.25) is 0 Å². The molecule has 2 rings (SSSR count). The van der Waals surface area contributed by atoms with Gasteiger partial charge in [0.15, 0.2) is 0 Å². The molecule has 1 aliphatic carbocycles. The molecule has 0 saturated heterocycles. The predicted molar refractivity (Wildman–Crippen MR) is 76.8 cm³/mol. The Labute approximate surface area is 118 Å². The summed E-state index contributed by atoms with van der Waals surface area (Å²) in [6.45, 7) is 2.01. The Morgan fingerprint density at radius 1 is 1.53 bits per heavy atom. The van der Waals surface area contributed by atoms with E-state index in [0.29, 0.717) is 12.8 Å². The fraction of sp³-hybridized carbons (Fsp3) is 0.600. The molecule has 1 heterocycles. The number of hydrogen-bond donors (Lipinski definition) is 1. The lowest BCUT2D eigenvalue weighted by molar-refractivity contribution is -0.130. The average molecular weight is 276 g/mol. The molecule has 1 unspecified atom stereocenters. The summed E-state index contributed by atoms with van der Waals surface area (Å²) in [5, 5.41) is 14.4. The number of rotatable bonds is 4. The van der Waals surface area contributed by atoms with Gasteiger partial charge in [-0.05, 0) is 31.2 Å². The van der Waals surface area contributed by atoms with Crippen molar-refractivity contribution >= 4 is 17.2 Å². The Hall–Kier alpha value is -1.34. The SMILES string of the molecule is CC(Cc1cccs1)NC(=O)C1(C#N)CCCCC1. The number of nitriles is 1. The Morgan fingerprint density at radius 2 is 2.26 bits per heavy atom. The fourth-order valence-corrected chi connectivity index (χ4v) is 3.52. The Balaban J connectivity index is 1.94. The van der Waals surface area contributed by atoms with E-state index in [4.69, 9.17) is 0 Å². The van der Waals surface area contributed by atoms with Crippen LogP contribution in [-0.2, 0) is 11.2 Å². The monoisotopic (exact) mass is 276 g/mol. The topological polar surface area (TPSA) is 52.9 Å². The summed E-state index contributed by atoms with van der Waals surface area (Å²) in [6, 6.07) is 6.45. The molecule has 4 heteroatoms. The van der Waals surface area contributed by atoms with E-state index in [1.165, 1.54) is 4.88 Å². The number of nitrogens with zero attached hydrogens (tertiary/aromatic N) is 1. The minimum atomic E-state index is -0.776. The van der Waals surface area contributed by atoms with Gasteiger partial charge in [-0.25, -0.2) is 0 Å². The van der Waals surface area contributed by atoms with E-state index in [-0.39, 0.29) is 11.9 Å². The van der Waals surface area contributed by atoms with Gasteiger partial charge in [-0.3, -0.25) is 4.79 Å². The van der Waals surface area contributed by atoms with Gasteiger partial charge in [-0.1, -0.05) is 25.3 Å².